The number of carbonyl (C=O) groups excluding carboxylic acids is 1. The summed E-state index contributed by atoms with van der Waals surface area (Å²) in [5, 5.41) is 3.54. The lowest BCUT2D eigenvalue weighted by Gasteiger charge is -2.06. The molecule has 0 bridgehead atoms. The van der Waals surface area contributed by atoms with Gasteiger partial charge in [0.05, 0.1) is 16.3 Å². The summed E-state index contributed by atoms with van der Waals surface area (Å²) in [5.41, 5.74) is 0.802. The maximum Gasteiger partial charge on any atom is 0.258 e. The van der Waals surface area contributed by atoms with Crippen LogP contribution in [-0.2, 0) is 0 Å². The Labute approximate surface area is 108 Å². The summed E-state index contributed by atoms with van der Waals surface area (Å²) < 4.78 is 0. The Kier molecular flexibility index (Phi) is 3.56. The van der Waals surface area contributed by atoms with Crippen molar-refractivity contribution in [1.29, 1.82) is 0 Å². The predicted molar refractivity (Wildman–Crippen MR) is 66.4 cm³/mol. The highest BCUT2D eigenvalue weighted by atomic mass is 35.5. The largest absolute Gasteiger partial charge is 0.320 e. The third-order valence-corrected chi connectivity index (χ3v) is 2.56. The number of hydrogen-bond donors (Lipinski definition) is 1. The first-order valence-corrected chi connectivity index (χ1v) is 5.44. The third kappa shape index (κ3) is 2.93. The standard InChI is InChI=1S/C11H7Cl2N3O/c12-8-1-2-9(13)10(3-8)16-11(17)7-4-14-6-15-5-7/h1-6H,(H,16,17). The van der Waals surface area contributed by atoms with E-state index in [0.29, 0.717) is 21.3 Å². The number of hydrogen-bond acceptors (Lipinski definition) is 3. The van der Waals surface area contributed by atoms with Gasteiger partial charge in [-0.3, -0.25) is 4.79 Å². The van der Waals surface area contributed by atoms with Gasteiger partial charge in [-0.2, -0.15) is 0 Å². The fourth-order valence-corrected chi connectivity index (χ4v) is 1.54. The van der Waals surface area contributed by atoms with Gasteiger partial charge in [-0.15, -0.1) is 0 Å². The second-order valence-electron chi connectivity index (χ2n) is 3.21. The van der Waals surface area contributed by atoms with E-state index in [1.807, 2.05) is 0 Å². The minimum Gasteiger partial charge on any atom is -0.320 e. The van der Waals surface area contributed by atoms with Gasteiger partial charge >= 0.3 is 0 Å². The molecule has 0 saturated carbocycles. The van der Waals surface area contributed by atoms with E-state index in [-0.39, 0.29) is 5.91 Å². The van der Waals surface area contributed by atoms with Gasteiger partial charge in [0.1, 0.15) is 6.33 Å². The molecule has 1 N–H and O–H groups in total. The number of anilines is 1. The first-order valence-electron chi connectivity index (χ1n) is 4.68. The molecule has 0 aliphatic heterocycles. The van der Waals surface area contributed by atoms with E-state index in [2.05, 4.69) is 15.3 Å². The highest BCUT2D eigenvalue weighted by Crippen LogP contribution is 2.25. The summed E-state index contributed by atoms with van der Waals surface area (Å²) in [5.74, 6) is -0.338. The fraction of sp³-hybridized carbons (Fsp3) is 0. The van der Waals surface area contributed by atoms with Gasteiger partial charge in [-0.05, 0) is 18.2 Å². The zero-order chi connectivity index (χ0) is 12.3. The van der Waals surface area contributed by atoms with Crippen molar-refractivity contribution >= 4 is 34.8 Å². The van der Waals surface area contributed by atoms with Crippen molar-refractivity contribution in [2.24, 2.45) is 0 Å². The van der Waals surface area contributed by atoms with Gasteiger partial charge in [-0.25, -0.2) is 9.97 Å². The molecular weight excluding hydrogens is 261 g/mol. The average molecular weight is 268 g/mol. The topological polar surface area (TPSA) is 54.9 Å². The molecule has 0 radical (unpaired) electrons. The molecule has 1 heterocycles. The van der Waals surface area contributed by atoms with Gasteiger partial charge in [-0.1, -0.05) is 23.2 Å². The van der Waals surface area contributed by atoms with Crippen LogP contribution in [0.25, 0.3) is 0 Å². The Morgan fingerprint density at radius 2 is 1.88 bits per heavy atom. The number of nitrogens with zero attached hydrogens (tertiary/aromatic N) is 2. The first-order chi connectivity index (χ1) is 8.16. The molecule has 6 heteroatoms. The number of nitrogens with one attached hydrogen (secondary N) is 1. The lowest BCUT2D eigenvalue weighted by Crippen LogP contribution is -2.12. The highest BCUT2D eigenvalue weighted by molar-refractivity contribution is 6.35. The number of benzene rings is 1. The summed E-state index contributed by atoms with van der Waals surface area (Å²) in [6.07, 6.45) is 4.19. The lowest BCUT2D eigenvalue weighted by molar-refractivity contribution is 0.102. The van der Waals surface area contributed by atoms with Crippen LogP contribution < -0.4 is 5.32 Å². The molecule has 2 rings (SSSR count). The minimum absolute atomic E-state index is 0.338. The molecule has 1 aromatic heterocycles. The molecule has 0 aliphatic carbocycles. The molecule has 0 unspecified atom stereocenters. The maximum atomic E-state index is 11.8. The molecule has 0 atom stereocenters. The molecule has 0 fully saturated rings. The SMILES string of the molecule is O=C(Nc1cc(Cl)ccc1Cl)c1cncnc1. The van der Waals surface area contributed by atoms with Crippen molar-refractivity contribution in [3.63, 3.8) is 0 Å². The Hall–Kier alpha value is -1.65. The van der Waals surface area contributed by atoms with Crippen molar-refractivity contribution < 1.29 is 4.79 Å². The third-order valence-electron chi connectivity index (χ3n) is 2.00. The highest BCUT2D eigenvalue weighted by Gasteiger charge is 2.09. The van der Waals surface area contributed by atoms with Crippen molar-refractivity contribution in [2.75, 3.05) is 5.32 Å². The van der Waals surface area contributed by atoms with Crippen molar-refractivity contribution in [2.45, 2.75) is 0 Å². The normalized spacial score (nSPS) is 10.0. The molecule has 86 valence electrons. The molecule has 1 aromatic carbocycles. The van der Waals surface area contributed by atoms with Crippen LogP contribution in [-0.4, -0.2) is 15.9 Å². The van der Waals surface area contributed by atoms with Crippen LogP contribution in [0.2, 0.25) is 10.0 Å². The number of halogens is 2. The summed E-state index contributed by atoms with van der Waals surface area (Å²) in [6.45, 7) is 0. The molecule has 0 aliphatic rings. The van der Waals surface area contributed by atoms with Gasteiger partial charge in [0.15, 0.2) is 0 Å². The van der Waals surface area contributed by atoms with Crippen LogP contribution in [0.5, 0.6) is 0 Å². The van der Waals surface area contributed by atoms with E-state index >= 15 is 0 Å². The van der Waals surface area contributed by atoms with Crippen LogP contribution in [0.15, 0.2) is 36.9 Å². The number of carbonyl (C=O) groups is 1. The lowest BCUT2D eigenvalue weighted by atomic mass is 10.3. The van der Waals surface area contributed by atoms with E-state index in [0.717, 1.165) is 0 Å². The zero-order valence-electron chi connectivity index (χ0n) is 8.52. The predicted octanol–water partition coefficient (Wildman–Crippen LogP) is 3.04. The van der Waals surface area contributed by atoms with E-state index in [9.17, 15) is 4.79 Å². The Balaban J connectivity index is 2.22. The zero-order valence-corrected chi connectivity index (χ0v) is 10.0. The van der Waals surface area contributed by atoms with Gasteiger partial charge < -0.3 is 5.32 Å². The van der Waals surface area contributed by atoms with Gasteiger partial charge in [0.2, 0.25) is 0 Å². The molecule has 17 heavy (non-hydrogen) atoms. The first kappa shape index (κ1) is 11.8. The number of rotatable bonds is 2. The van der Waals surface area contributed by atoms with Crippen LogP contribution in [0.1, 0.15) is 10.4 Å². The van der Waals surface area contributed by atoms with Crippen molar-refractivity contribution in [3.8, 4) is 0 Å². The Morgan fingerprint density at radius 3 is 2.59 bits per heavy atom. The molecule has 1 amide bonds. The fourth-order valence-electron chi connectivity index (χ4n) is 1.20. The minimum atomic E-state index is -0.338. The molecular formula is C11H7Cl2N3O. The average Bonchev–Trinajstić information content (AvgIpc) is 2.35. The number of aromatic nitrogens is 2. The summed E-state index contributed by atoms with van der Waals surface area (Å²) in [6, 6.07) is 4.83. The van der Waals surface area contributed by atoms with Gasteiger partial charge in [0.25, 0.3) is 5.91 Å². The van der Waals surface area contributed by atoms with Crippen molar-refractivity contribution in [1.82, 2.24) is 9.97 Å². The van der Waals surface area contributed by atoms with E-state index in [1.54, 1.807) is 18.2 Å². The summed E-state index contributed by atoms with van der Waals surface area (Å²) in [7, 11) is 0. The molecule has 0 spiro atoms. The van der Waals surface area contributed by atoms with Crippen molar-refractivity contribution in [3.05, 3.63) is 52.5 Å². The van der Waals surface area contributed by atoms with Gasteiger partial charge in [0, 0.05) is 17.4 Å². The van der Waals surface area contributed by atoms with Crippen LogP contribution in [0.3, 0.4) is 0 Å². The van der Waals surface area contributed by atoms with E-state index < -0.39 is 0 Å². The van der Waals surface area contributed by atoms with Crippen LogP contribution >= 0.6 is 23.2 Å². The molecule has 2 aromatic rings. The molecule has 0 saturated heterocycles. The summed E-state index contributed by atoms with van der Waals surface area (Å²) in [4.78, 5) is 19.3. The number of amides is 1. The van der Waals surface area contributed by atoms with Crippen LogP contribution in [0, 0.1) is 0 Å². The van der Waals surface area contributed by atoms with E-state index in [4.69, 9.17) is 23.2 Å². The monoisotopic (exact) mass is 267 g/mol. The smallest absolute Gasteiger partial charge is 0.258 e. The Morgan fingerprint density at radius 1 is 1.18 bits per heavy atom. The van der Waals surface area contributed by atoms with Crippen LogP contribution in [0.4, 0.5) is 5.69 Å². The second-order valence-corrected chi connectivity index (χ2v) is 4.05. The Bertz CT molecular complexity index is 546. The maximum absolute atomic E-state index is 11.8. The summed E-state index contributed by atoms with van der Waals surface area (Å²) >= 11 is 11.7. The second kappa shape index (κ2) is 5.12. The van der Waals surface area contributed by atoms with E-state index in [1.165, 1.54) is 18.7 Å². The quantitative estimate of drug-likeness (QED) is 0.910. The molecule has 4 nitrogen and oxygen atoms in total.